The number of hydrogen-bond acceptors (Lipinski definition) is 6. The van der Waals surface area contributed by atoms with Crippen LogP contribution in [0.5, 0.6) is 0 Å². The van der Waals surface area contributed by atoms with Gasteiger partial charge in [-0.3, -0.25) is 19.9 Å². The van der Waals surface area contributed by atoms with Gasteiger partial charge in [0.2, 0.25) is 0 Å². The lowest BCUT2D eigenvalue weighted by atomic mass is 10.0. The van der Waals surface area contributed by atoms with Gasteiger partial charge in [-0.1, -0.05) is 0 Å². The minimum atomic E-state index is 0.679. The highest BCUT2D eigenvalue weighted by molar-refractivity contribution is 5.97. The van der Waals surface area contributed by atoms with Crippen LogP contribution in [-0.4, -0.2) is 24.9 Å². The zero-order valence-corrected chi connectivity index (χ0v) is 14.0. The maximum absolute atomic E-state index is 5.66. The number of aromatic nitrogens is 5. The van der Waals surface area contributed by atoms with Crippen molar-refractivity contribution in [3.8, 4) is 45.4 Å². The van der Waals surface area contributed by atoms with Gasteiger partial charge in [0.25, 0.3) is 0 Å². The smallest absolute Gasteiger partial charge is 0.150 e. The molecule has 5 aromatic rings. The van der Waals surface area contributed by atoms with E-state index in [1.165, 1.54) is 0 Å². The van der Waals surface area contributed by atoms with Crippen LogP contribution < -0.4 is 0 Å². The molecule has 7 nitrogen and oxygen atoms in total. The average molecular weight is 355 g/mol. The molecule has 5 aromatic heterocycles. The number of aromatic amines is 1. The molecule has 0 unspecified atom stereocenters. The van der Waals surface area contributed by atoms with Crippen molar-refractivity contribution in [3.63, 3.8) is 0 Å². The molecular weight excluding hydrogens is 342 g/mol. The van der Waals surface area contributed by atoms with Gasteiger partial charge >= 0.3 is 0 Å². The third kappa shape index (κ3) is 2.62. The minimum Gasteiger partial charge on any atom is -0.463 e. The van der Waals surface area contributed by atoms with E-state index in [1.54, 1.807) is 49.7 Å². The van der Waals surface area contributed by atoms with Gasteiger partial charge in [0, 0.05) is 35.9 Å². The normalized spacial score (nSPS) is 11.0. The summed E-state index contributed by atoms with van der Waals surface area (Å²) in [6.45, 7) is 0. The Kier molecular flexibility index (Phi) is 3.61. The van der Waals surface area contributed by atoms with Crippen LogP contribution in [0.3, 0.4) is 0 Å². The maximum atomic E-state index is 5.66. The summed E-state index contributed by atoms with van der Waals surface area (Å²) < 4.78 is 11.3. The van der Waals surface area contributed by atoms with Gasteiger partial charge in [-0.05, 0) is 24.3 Å². The molecular formula is C20H13N5O2. The summed E-state index contributed by atoms with van der Waals surface area (Å²) in [5, 5.41) is 0. The Balaban J connectivity index is 1.89. The second-order valence-electron chi connectivity index (χ2n) is 5.76. The summed E-state index contributed by atoms with van der Waals surface area (Å²) >= 11 is 0. The monoisotopic (exact) mass is 355 g/mol. The fourth-order valence-electron chi connectivity index (χ4n) is 3.08. The first-order valence-corrected chi connectivity index (χ1v) is 8.28. The van der Waals surface area contributed by atoms with Gasteiger partial charge in [-0.2, -0.15) is 0 Å². The van der Waals surface area contributed by atoms with Crippen LogP contribution in [0.15, 0.2) is 82.8 Å². The summed E-state index contributed by atoms with van der Waals surface area (Å²) in [4.78, 5) is 20.9. The van der Waals surface area contributed by atoms with Crippen LogP contribution in [0.25, 0.3) is 45.4 Å². The average Bonchev–Trinajstić information content (AvgIpc) is 3.49. The largest absolute Gasteiger partial charge is 0.463 e. The number of hydrogen-bond donors (Lipinski definition) is 1. The molecule has 1 N–H and O–H groups in total. The molecule has 130 valence electrons. The van der Waals surface area contributed by atoms with E-state index in [9.17, 15) is 0 Å². The SMILES string of the molecule is c1coc(-c2[nH]c(-c3ccco3)c(-c3cnccn3)c2-c2cnccn2)c1. The van der Waals surface area contributed by atoms with Crippen LogP contribution in [0.2, 0.25) is 0 Å². The molecule has 0 bridgehead atoms. The molecule has 5 rings (SSSR count). The molecule has 0 aliphatic carbocycles. The molecule has 0 saturated heterocycles. The summed E-state index contributed by atoms with van der Waals surface area (Å²) in [6, 6.07) is 7.45. The van der Waals surface area contributed by atoms with Crippen molar-refractivity contribution >= 4 is 0 Å². The summed E-state index contributed by atoms with van der Waals surface area (Å²) in [5.41, 5.74) is 4.58. The molecule has 0 aliphatic heterocycles. The summed E-state index contributed by atoms with van der Waals surface area (Å²) in [6.07, 6.45) is 13.3. The Morgan fingerprint density at radius 3 is 1.56 bits per heavy atom. The zero-order valence-electron chi connectivity index (χ0n) is 14.0. The summed E-state index contributed by atoms with van der Waals surface area (Å²) in [7, 11) is 0. The Hall–Kier alpha value is -4.00. The van der Waals surface area contributed by atoms with E-state index >= 15 is 0 Å². The first-order chi connectivity index (χ1) is 13.4. The van der Waals surface area contributed by atoms with Crippen molar-refractivity contribution in [1.29, 1.82) is 0 Å². The van der Waals surface area contributed by atoms with E-state index in [-0.39, 0.29) is 0 Å². The molecule has 0 aliphatic rings. The van der Waals surface area contributed by atoms with Crippen molar-refractivity contribution in [3.05, 3.63) is 74.0 Å². The van der Waals surface area contributed by atoms with Crippen molar-refractivity contribution in [1.82, 2.24) is 24.9 Å². The zero-order chi connectivity index (χ0) is 18.1. The van der Waals surface area contributed by atoms with Crippen LogP contribution in [0.4, 0.5) is 0 Å². The molecule has 0 aromatic carbocycles. The number of rotatable bonds is 4. The van der Waals surface area contributed by atoms with Gasteiger partial charge in [0.05, 0.1) is 47.7 Å². The van der Waals surface area contributed by atoms with E-state index in [2.05, 4.69) is 24.9 Å². The fraction of sp³-hybridized carbons (Fsp3) is 0. The predicted molar refractivity (Wildman–Crippen MR) is 98.2 cm³/mol. The lowest BCUT2D eigenvalue weighted by Gasteiger charge is -2.06. The number of H-pyrrole nitrogens is 1. The van der Waals surface area contributed by atoms with Gasteiger partial charge in [0.15, 0.2) is 11.5 Å². The standard InChI is InChI=1S/C20H13N5O2/c1-3-15(26-9-1)19-17(13-11-21-5-7-23-13)18(14-12-22-6-8-24-14)20(25-19)16-4-2-10-27-16/h1-12,25H. The first-order valence-electron chi connectivity index (χ1n) is 8.28. The van der Waals surface area contributed by atoms with Gasteiger partial charge in [-0.25, -0.2) is 0 Å². The lowest BCUT2D eigenvalue weighted by molar-refractivity contribution is 0.577. The van der Waals surface area contributed by atoms with Crippen LogP contribution in [0.1, 0.15) is 0 Å². The fourth-order valence-corrected chi connectivity index (χ4v) is 3.08. The van der Waals surface area contributed by atoms with E-state index in [4.69, 9.17) is 8.83 Å². The molecule has 0 saturated carbocycles. The highest BCUT2D eigenvalue weighted by Gasteiger charge is 2.26. The number of furan rings is 2. The number of nitrogens with zero attached hydrogens (tertiary/aromatic N) is 4. The topological polar surface area (TPSA) is 93.6 Å². The van der Waals surface area contributed by atoms with Gasteiger partial charge in [0.1, 0.15) is 0 Å². The first kappa shape index (κ1) is 15.3. The van der Waals surface area contributed by atoms with E-state index in [0.717, 1.165) is 22.5 Å². The Morgan fingerprint density at radius 1 is 0.667 bits per heavy atom. The van der Waals surface area contributed by atoms with Crippen molar-refractivity contribution in [2.45, 2.75) is 0 Å². The minimum absolute atomic E-state index is 0.679. The quantitative estimate of drug-likeness (QED) is 0.512. The van der Waals surface area contributed by atoms with Crippen molar-refractivity contribution < 1.29 is 8.83 Å². The van der Waals surface area contributed by atoms with E-state index < -0.39 is 0 Å². The molecule has 0 fully saturated rings. The third-order valence-corrected chi connectivity index (χ3v) is 4.17. The van der Waals surface area contributed by atoms with Crippen LogP contribution >= 0.6 is 0 Å². The molecule has 0 atom stereocenters. The van der Waals surface area contributed by atoms with Gasteiger partial charge in [-0.15, -0.1) is 0 Å². The Labute approximate surface area is 153 Å². The van der Waals surface area contributed by atoms with Crippen LogP contribution in [-0.2, 0) is 0 Å². The highest BCUT2D eigenvalue weighted by atomic mass is 16.3. The van der Waals surface area contributed by atoms with Crippen LogP contribution in [0, 0.1) is 0 Å². The molecule has 5 heterocycles. The highest BCUT2D eigenvalue weighted by Crippen LogP contribution is 2.44. The second kappa shape index (κ2) is 6.38. The lowest BCUT2D eigenvalue weighted by Crippen LogP contribution is -1.91. The molecule has 27 heavy (non-hydrogen) atoms. The van der Waals surface area contributed by atoms with Crippen molar-refractivity contribution in [2.24, 2.45) is 0 Å². The van der Waals surface area contributed by atoms with E-state index in [1.807, 2.05) is 24.3 Å². The molecule has 0 radical (unpaired) electrons. The Morgan fingerprint density at radius 2 is 1.19 bits per heavy atom. The predicted octanol–water partition coefficient (Wildman–Crippen LogP) is 4.45. The second-order valence-corrected chi connectivity index (χ2v) is 5.76. The van der Waals surface area contributed by atoms with E-state index in [0.29, 0.717) is 22.9 Å². The maximum Gasteiger partial charge on any atom is 0.150 e. The molecule has 0 amide bonds. The number of nitrogens with one attached hydrogen (secondary N) is 1. The molecule has 7 heteroatoms. The summed E-state index contributed by atoms with van der Waals surface area (Å²) in [5.74, 6) is 1.36. The van der Waals surface area contributed by atoms with Crippen molar-refractivity contribution in [2.75, 3.05) is 0 Å². The van der Waals surface area contributed by atoms with Gasteiger partial charge < -0.3 is 13.8 Å². The Bertz CT molecular complexity index is 1060. The third-order valence-electron chi connectivity index (χ3n) is 4.17. The molecule has 0 spiro atoms.